The highest BCUT2D eigenvalue weighted by atomic mass is 35.5. The minimum absolute atomic E-state index is 0.131. The van der Waals surface area contributed by atoms with Crippen molar-refractivity contribution in [3.05, 3.63) is 58.6 Å². The molecule has 0 aliphatic rings. The standard InChI is InChI=1S/C19H22ClN3O2/c1-13-8-14(2)10-15(9-13)21-18(24)11-23(3)12-19(25)22-17-7-5-4-6-16(17)20/h4-10H,11-12H2,1-3H3,(H,21,24)(H,22,25)/p+1. The summed E-state index contributed by atoms with van der Waals surface area (Å²) in [7, 11) is 1.80. The highest BCUT2D eigenvalue weighted by Gasteiger charge is 2.15. The number of likely N-dealkylation sites (N-methyl/N-ethyl adjacent to an activating group) is 1. The number of hydrogen-bond donors (Lipinski definition) is 3. The molecule has 0 fully saturated rings. The van der Waals surface area contributed by atoms with Gasteiger partial charge in [0, 0.05) is 5.69 Å². The number of quaternary nitrogens is 1. The van der Waals surface area contributed by atoms with Gasteiger partial charge in [0.25, 0.3) is 11.8 Å². The van der Waals surface area contributed by atoms with E-state index in [0.29, 0.717) is 10.7 Å². The lowest BCUT2D eigenvalue weighted by Crippen LogP contribution is -3.11. The first-order valence-electron chi connectivity index (χ1n) is 8.07. The second-order valence-electron chi connectivity index (χ2n) is 6.26. The van der Waals surface area contributed by atoms with Crippen molar-refractivity contribution < 1.29 is 14.5 Å². The summed E-state index contributed by atoms with van der Waals surface area (Å²) in [6.07, 6.45) is 0. The van der Waals surface area contributed by atoms with Crippen molar-refractivity contribution in [3.8, 4) is 0 Å². The molecule has 2 amide bonds. The maximum absolute atomic E-state index is 12.2. The van der Waals surface area contributed by atoms with Crippen molar-refractivity contribution in [3.63, 3.8) is 0 Å². The minimum atomic E-state index is -0.190. The minimum Gasteiger partial charge on any atom is -0.322 e. The number of benzene rings is 2. The van der Waals surface area contributed by atoms with E-state index in [1.54, 1.807) is 31.3 Å². The molecule has 0 radical (unpaired) electrons. The van der Waals surface area contributed by atoms with Gasteiger partial charge in [-0.1, -0.05) is 29.8 Å². The molecule has 0 aliphatic heterocycles. The molecule has 5 nitrogen and oxygen atoms in total. The average molecular weight is 361 g/mol. The van der Waals surface area contributed by atoms with Gasteiger partial charge in [-0.25, -0.2) is 0 Å². The van der Waals surface area contributed by atoms with Crippen LogP contribution in [0.2, 0.25) is 5.02 Å². The number of para-hydroxylation sites is 1. The van der Waals surface area contributed by atoms with Gasteiger partial charge in [0.15, 0.2) is 13.1 Å². The fourth-order valence-electron chi connectivity index (χ4n) is 2.62. The van der Waals surface area contributed by atoms with Crippen LogP contribution in [0, 0.1) is 13.8 Å². The molecule has 0 heterocycles. The third-order valence-electron chi connectivity index (χ3n) is 3.58. The molecule has 1 unspecified atom stereocenters. The Hall–Kier alpha value is -2.37. The van der Waals surface area contributed by atoms with Gasteiger partial charge in [-0.15, -0.1) is 0 Å². The van der Waals surface area contributed by atoms with E-state index in [9.17, 15) is 9.59 Å². The van der Waals surface area contributed by atoms with Gasteiger partial charge in [-0.05, 0) is 49.2 Å². The van der Waals surface area contributed by atoms with Crippen LogP contribution in [0.15, 0.2) is 42.5 Å². The second-order valence-corrected chi connectivity index (χ2v) is 6.67. The lowest BCUT2D eigenvalue weighted by molar-refractivity contribution is -0.862. The van der Waals surface area contributed by atoms with Crippen LogP contribution in [0.3, 0.4) is 0 Å². The smallest absolute Gasteiger partial charge is 0.279 e. The largest absolute Gasteiger partial charge is 0.322 e. The number of halogens is 1. The fourth-order valence-corrected chi connectivity index (χ4v) is 2.80. The first-order valence-corrected chi connectivity index (χ1v) is 8.45. The van der Waals surface area contributed by atoms with E-state index >= 15 is 0 Å². The van der Waals surface area contributed by atoms with Crippen molar-refractivity contribution in [1.82, 2.24) is 0 Å². The molecule has 0 aromatic heterocycles. The molecule has 3 N–H and O–H groups in total. The van der Waals surface area contributed by atoms with E-state index in [1.807, 2.05) is 32.0 Å². The molecule has 0 saturated heterocycles. The SMILES string of the molecule is Cc1cc(C)cc(NC(=O)C[NH+](C)CC(=O)Nc2ccccc2Cl)c1. The molecular weight excluding hydrogens is 338 g/mol. The third kappa shape index (κ3) is 6.21. The molecular formula is C19H23ClN3O2+. The molecule has 0 spiro atoms. The first-order chi connectivity index (χ1) is 11.8. The summed E-state index contributed by atoms with van der Waals surface area (Å²) < 4.78 is 0. The van der Waals surface area contributed by atoms with Crippen LogP contribution in [0.25, 0.3) is 0 Å². The molecule has 2 rings (SSSR count). The fraction of sp³-hybridized carbons (Fsp3) is 0.263. The zero-order valence-electron chi connectivity index (χ0n) is 14.7. The zero-order chi connectivity index (χ0) is 18.4. The molecule has 1 atom stereocenters. The summed E-state index contributed by atoms with van der Waals surface area (Å²) in [5.41, 5.74) is 3.53. The molecule has 25 heavy (non-hydrogen) atoms. The van der Waals surface area contributed by atoms with Crippen LogP contribution in [0.5, 0.6) is 0 Å². The van der Waals surface area contributed by atoms with E-state index in [-0.39, 0.29) is 24.9 Å². The quantitative estimate of drug-likeness (QED) is 0.738. The van der Waals surface area contributed by atoms with Crippen molar-refractivity contribution in [2.45, 2.75) is 13.8 Å². The van der Waals surface area contributed by atoms with E-state index in [1.165, 1.54) is 0 Å². The van der Waals surface area contributed by atoms with Crippen LogP contribution in [0.1, 0.15) is 11.1 Å². The van der Waals surface area contributed by atoms with Gasteiger partial charge in [0.1, 0.15) is 0 Å². The van der Waals surface area contributed by atoms with Gasteiger partial charge in [-0.2, -0.15) is 0 Å². The normalized spacial score (nSPS) is 11.7. The van der Waals surface area contributed by atoms with Crippen molar-refractivity contribution in [1.29, 1.82) is 0 Å². The highest BCUT2D eigenvalue weighted by molar-refractivity contribution is 6.33. The van der Waals surface area contributed by atoms with Gasteiger partial charge in [-0.3, -0.25) is 9.59 Å². The maximum atomic E-state index is 12.2. The summed E-state index contributed by atoms with van der Waals surface area (Å²) in [6.45, 7) is 4.34. The Balaban J connectivity index is 1.84. The van der Waals surface area contributed by atoms with Crippen molar-refractivity contribution in [2.24, 2.45) is 0 Å². The summed E-state index contributed by atoms with van der Waals surface area (Å²) in [5, 5.41) is 6.12. The third-order valence-corrected chi connectivity index (χ3v) is 3.91. The topological polar surface area (TPSA) is 62.6 Å². The van der Waals surface area contributed by atoms with E-state index in [4.69, 9.17) is 11.6 Å². The van der Waals surface area contributed by atoms with Crippen LogP contribution in [-0.4, -0.2) is 32.0 Å². The van der Waals surface area contributed by atoms with E-state index in [2.05, 4.69) is 10.6 Å². The highest BCUT2D eigenvalue weighted by Crippen LogP contribution is 2.19. The number of amides is 2. The maximum Gasteiger partial charge on any atom is 0.279 e. The van der Waals surface area contributed by atoms with Crippen LogP contribution < -0.4 is 15.5 Å². The van der Waals surface area contributed by atoms with Gasteiger partial charge < -0.3 is 15.5 Å². The zero-order valence-corrected chi connectivity index (χ0v) is 15.4. The molecule has 6 heteroatoms. The molecule has 0 aliphatic carbocycles. The Morgan fingerprint density at radius 2 is 1.52 bits per heavy atom. The Bertz CT molecular complexity index is 757. The molecule has 132 valence electrons. The van der Waals surface area contributed by atoms with E-state index in [0.717, 1.165) is 21.7 Å². The second kappa shape index (κ2) is 8.65. The predicted octanol–water partition coefficient (Wildman–Crippen LogP) is 2.05. The lowest BCUT2D eigenvalue weighted by Gasteiger charge is -2.14. The van der Waals surface area contributed by atoms with Gasteiger partial charge in [0.05, 0.1) is 17.8 Å². The Morgan fingerprint density at radius 3 is 2.12 bits per heavy atom. The summed E-state index contributed by atoms with van der Waals surface area (Å²) in [6, 6.07) is 12.9. The number of aryl methyl sites for hydroxylation is 2. The number of hydrogen-bond acceptors (Lipinski definition) is 2. The molecule has 2 aromatic rings. The molecule has 2 aromatic carbocycles. The van der Waals surface area contributed by atoms with Gasteiger partial charge in [0.2, 0.25) is 0 Å². The van der Waals surface area contributed by atoms with Gasteiger partial charge >= 0.3 is 0 Å². The molecule has 0 saturated carbocycles. The monoisotopic (exact) mass is 360 g/mol. The Kier molecular flexibility index (Phi) is 6.56. The van der Waals surface area contributed by atoms with Crippen LogP contribution in [0.4, 0.5) is 11.4 Å². The average Bonchev–Trinajstić information content (AvgIpc) is 2.47. The molecule has 0 bridgehead atoms. The van der Waals surface area contributed by atoms with Crippen LogP contribution >= 0.6 is 11.6 Å². The lowest BCUT2D eigenvalue weighted by atomic mass is 10.1. The number of carbonyl (C=O) groups is 2. The number of nitrogens with one attached hydrogen (secondary N) is 3. The summed E-state index contributed by atoms with van der Waals surface area (Å²) in [4.78, 5) is 25.0. The van der Waals surface area contributed by atoms with Crippen LogP contribution in [-0.2, 0) is 9.59 Å². The Labute approximate surface area is 153 Å². The predicted molar refractivity (Wildman–Crippen MR) is 101 cm³/mol. The van der Waals surface area contributed by atoms with Crippen molar-refractivity contribution >= 4 is 34.8 Å². The Morgan fingerprint density at radius 1 is 0.960 bits per heavy atom. The number of anilines is 2. The number of rotatable bonds is 6. The summed E-state index contributed by atoms with van der Waals surface area (Å²) >= 11 is 6.02. The van der Waals surface area contributed by atoms with E-state index < -0.39 is 0 Å². The summed E-state index contributed by atoms with van der Waals surface area (Å²) in [5.74, 6) is -0.321. The first kappa shape index (κ1) is 19.0. The van der Waals surface area contributed by atoms with Crippen molar-refractivity contribution in [2.75, 3.05) is 30.8 Å². The number of carbonyl (C=O) groups excluding carboxylic acids is 2.